The summed E-state index contributed by atoms with van der Waals surface area (Å²) in [6.45, 7) is 0. The van der Waals surface area contributed by atoms with Crippen LogP contribution in [0.15, 0.2) is 57.2 Å². The van der Waals surface area contributed by atoms with Crippen LogP contribution in [0.3, 0.4) is 0 Å². The number of benzene rings is 2. The Kier molecular flexibility index (Phi) is 3.85. The molecule has 0 amide bonds. The number of hydrogen-bond donors (Lipinski definition) is 2. The summed E-state index contributed by atoms with van der Waals surface area (Å²) < 4.78 is 5.98. The van der Waals surface area contributed by atoms with E-state index in [1.165, 1.54) is 6.21 Å². The molecule has 2 aromatic heterocycles. The van der Waals surface area contributed by atoms with Crippen molar-refractivity contribution in [2.45, 2.75) is 0 Å². The Morgan fingerprint density at radius 2 is 1.85 bits per heavy atom. The first-order valence-electron chi connectivity index (χ1n) is 7.71. The lowest BCUT2D eigenvalue weighted by molar-refractivity contribution is 0.415. The fourth-order valence-electron chi connectivity index (χ4n) is 2.72. The topological polar surface area (TPSA) is 92.2 Å². The van der Waals surface area contributed by atoms with Crippen LogP contribution in [-0.4, -0.2) is 28.0 Å². The number of hydrogen-bond acceptors (Lipinski definition) is 4. The van der Waals surface area contributed by atoms with E-state index in [0.717, 1.165) is 4.68 Å². The van der Waals surface area contributed by atoms with Crippen molar-refractivity contribution in [3.05, 3.63) is 73.9 Å². The highest BCUT2D eigenvalue weighted by Gasteiger charge is 2.13. The van der Waals surface area contributed by atoms with Crippen molar-refractivity contribution in [3.63, 3.8) is 0 Å². The van der Waals surface area contributed by atoms with Gasteiger partial charge < -0.3 is 14.7 Å². The van der Waals surface area contributed by atoms with Gasteiger partial charge in [-0.2, -0.15) is 5.10 Å². The van der Waals surface area contributed by atoms with Gasteiger partial charge in [-0.25, -0.2) is 4.79 Å². The third-order valence-corrected chi connectivity index (χ3v) is 4.28. The van der Waals surface area contributed by atoms with Crippen LogP contribution in [0.5, 0.6) is 5.75 Å². The molecule has 26 heavy (non-hydrogen) atoms. The van der Waals surface area contributed by atoms with Gasteiger partial charge in [0, 0.05) is 15.9 Å². The van der Waals surface area contributed by atoms with Gasteiger partial charge in [0.05, 0.1) is 18.8 Å². The summed E-state index contributed by atoms with van der Waals surface area (Å²) in [6, 6.07) is 12.2. The van der Waals surface area contributed by atoms with Crippen molar-refractivity contribution >= 4 is 39.8 Å². The summed E-state index contributed by atoms with van der Waals surface area (Å²) in [5, 5.41) is 5.29. The lowest BCUT2D eigenvalue weighted by Crippen LogP contribution is -2.32. The second kappa shape index (κ2) is 6.20. The molecule has 8 heteroatoms. The molecule has 0 atom stereocenters. The van der Waals surface area contributed by atoms with Gasteiger partial charge in [-0.05, 0) is 35.9 Å². The molecule has 0 bridgehead atoms. The minimum atomic E-state index is -0.628. The SMILES string of the molecule is COc1ccc2[nH]c3c(=O)n(/N=C\c4ccc(Cl)cc4)c(=O)[nH]c3c2c1. The van der Waals surface area contributed by atoms with E-state index in [4.69, 9.17) is 16.3 Å². The van der Waals surface area contributed by atoms with Crippen LogP contribution >= 0.6 is 11.6 Å². The summed E-state index contributed by atoms with van der Waals surface area (Å²) in [6.07, 6.45) is 1.42. The molecule has 0 fully saturated rings. The third-order valence-electron chi connectivity index (χ3n) is 4.03. The van der Waals surface area contributed by atoms with Gasteiger partial charge in [0.1, 0.15) is 11.3 Å². The molecule has 2 N–H and O–H groups in total. The fourth-order valence-corrected chi connectivity index (χ4v) is 2.85. The van der Waals surface area contributed by atoms with Crippen molar-refractivity contribution in [3.8, 4) is 5.75 Å². The number of nitrogens with one attached hydrogen (secondary N) is 2. The van der Waals surface area contributed by atoms with Crippen molar-refractivity contribution < 1.29 is 4.74 Å². The quantitative estimate of drug-likeness (QED) is 0.544. The Morgan fingerprint density at radius 1 is 1.08 bits per heavy atom. The fraction of sp³-hybridized carbons (Fsp3) is 0.0556. The van der Waals surface area contributed by atoms with Crippen LogP contribution in [0.4, 0.5) is 0 Å². The lowest BCUT2D eigenvalue weighted by Gasteiger charge is -1.99. The number of ether oxygens (including phenoxy) is 1. The molecule has 4 aromatic rings. The predicted molar refractivity (Wildman–Crippen MR) is 102 cm³/mol. The minimum Gasteiger partial charge on any atom is -0.497 e. The van der Waals surface area contributed by atoms with Crippen molar-refractivity contribution in [1.82, 2.24) is 14.6 Å². The second-order valence-electron chi connectivity index (χ2n) is 5.63. The highest BCUT2D eigenvalue weighted by molar-refractivity contribution is 6.30. The van der Waals surface area contributed by atoms with Crippen LogP contribution < -0.4 is 16.0 Å². The number of halogens is 1. The summed E-state index contributed by atoms with van der Waals surface area (Å²) in [5.41, 5.74) is 0.948. The molecule has 0 aliphatic rings. The number of aromatic nitrogens is 3. The van der Waals surface area contributed by atoms with Crippen LogP contribution in [0.2, 0.25) is 5.02 Å². The normalized spacial score (nSPS) is 11.6. The van der Waals surface area contributed by atoms with E-state index in [9.17, 15) is 9.59 Å². The molecule has 0 aliphatic carbocycles. The number of aromatic amines is 2. The van der Waals surface area contributed by atoms with Crippen LogP contribution in [-0.2, 0) is 0 Å². The summed E-state index contributed by atoms with van der Waals surface area (Å²) in [7, 11) is 1.55. The van der Waals surface area contributed by atoms with Gasteiger partial charge in [0.25, 0.3) is 0 Å². The Hall–Kier alpha value is -3.32. The number of nitrogens with zero attached hydrogens (tertiary/aromatic N) is 2. The van der Waals surface area contributed by atoms with Crippen molar-refractivity contribution in [1.29, 1.82) is 0 Å². The number of methoxy groups -OCH3 is 1. The van der Waals surface area contributed by atoms with E-state index in [1.807, 2.05) is 0 Å². The zero-order valence-electron chi connectivity index (χ0n) is 13.6. The molecule has 7 nitrogen and oxygen atoms in total. The Labute approximate surface area is 151 Å². The zero-order valence-corrected chi connectivity index (χ0v) is 14.4. The molecular formula is C18H13ClN4O3. The minimum absolute atomic E-state index is 0.265. The average molecular weight is 369 g/mol. The van der Waals surface area contributed by atoms with Crippen LogP contribution in [0.25, 0.3) is 21.9 Å². The molecule has 0 spiro atoms. The molecule has 130 valence electrons. The highest BCUT2D eigenvalue weighted by Crippen LogP contribution is 2.25. The standard InChI is InChI=1S/C18H13ClN4O3/c1-26-12-6-7-14-13(8-12)15-16(21-14)17(24)23(18(25)22-15)20-9-10-2-4-11(19)5-3-10/h2-9,21H,1H3,(H,22,25)/b20-9-. The molecule has 2 heterocycles. The Bertz CT molecular complexity index is 1270. The van der Waals surface area contributed by atoms with E-state index in [0.29, 0.717) is 32.8 Å². The lowest BCUT2D eigenvalue weighted by atomic mass is 10.2. The molecule has 0 unspecified atom stereocenters. The van der Waals surface area contributed by atoms with Gasteiger partial charge in [-0.3, -0.25) is 4.79 Å². The maximum Gasteiger partial charge on any atom is 0.350 e. The molecule has 4 rings (SSSR count). The van der Waals surface area contributed by atoms with Gasteiger partial charge >= 0.3 is 11.2 Å². The molecule has 0 radical (unpaired) electrons. The first-order valence-corrected chi connectivity index (χ1v) is 8.09. The maximum absolute atomic E-state index is 12.7. The first kappa shape index (κ1) is 16.2. The van der Waals surface area contributed by atoms with Crippen molar-refractivity contribution in [2.24, 2.45) is 5.10 Å². The molecule has 0 saturated heterocycles. The smallest absolute Gasteiger partial charge is 0.350 e. The monoisotopic (exact) mass is 368 g/mol. The van der Waals surface area contributed by atoms with Crippen LogP contribution in [0.1, 0.15) is 5.56 Å². The van der Waals surface area contributed by atoms with E-state index >= 15 is 0 Å². The summed E-state index contributed by atoms with van der Waals surface area (Å²) in [4.78, 5) is 30.8. The van der Waals surface area contributed by atoms with Gasteiger partial charge in [0.15, 0.2) is 0 Å². The molecule has 0 saturated carbocycles. The second-order valence-corrected chi connectivity index (χ2v) is 6.07. The highest BCUT2D eigenvalue weighted by atomic mass is 35.5. The van der Waals surface area contributed by atoms with Gasteiger partial charge in [-0.15, -0.1) is 4.68 Å². The third kappa shape index (κ3) is 2.68. The largest absolute Gasteiger partial charge is 0.497 e. The van der Waals surface area contributed by atoms with Crippen molar-refractivity contribution in [2.75, 3.05) is 7.11 Å². The van der Waals surface area contributed by atoms with Crippen LogP contribution in [0, 0.1) is 0 Å². The zero-order chi connectivity index (χ0) is 18.3. The van der Waals surface area contributed by atoms with Gasteiger partial charge in [-0.1, -0.05) is 23.7 Å². The van der Waals surface area contributed by atoms with E-state index in [1.54, 1.807) is 49.6 Å². The molecule has 0 aliphatic heterocycles. The number of fused-ring (bicyclic) bond motifs is 3. The average Bonchev–Trinajstić information content (AvgIpc) is 3.01. The van der Waals surface area contributed by atoms with E-state index in [2.05, 4.69) is 15.1 Å². The number of rotatable bonds is 3. The Balaban J connectivity index is 1.89. The Morgan fingerprint density at radius 3 is 2.58 bits per heavy atom. The first-order chi connectivity index (χ1) is 12.6. The molecular weight excluding hydrogens is 356 g/mol. The summed E-state index contributed by atoms with van der Waals surface area (Å²) in [5.74, 6) is 0.629. The maximum atomic E-state index is 12.7. The predicted octanol–water partition coefficient (Wildman–Crippen LogP) is 2.72. The number of H-pyrrole nitrogens is 2. The van der Waals surface area contributed by atoms with E-state index < -0.39 is 11.2 Å². The summed E-state index contributed by atoms with van der Waals surface area (Å²) >= 11 is 5.84. The van der Waals surface area contributed by atoms with Gasteiger partial charge in [0.2, 0.25) is 0 Å². The molecule has 2 aromatic carbocycles. The van der Waals surface area contributed by atoms with E-state index in [-0.39, 0.29) is 5.52 Å².